The van der Waals surface area contributed by atoms with Crippen LogP contribution in [0.1, 0.15) is 20.3 Å². The van der Waals surface area contributed by atoms with E-state index < -0.39 is 0 Å². The third-order valence-electron chi connectivity index (χ3n) is 0.884. The van der Waals surface area contributed by atoms with Crippen LogP contribution in [0.4, 0.5) is 0 Å². The molecule has 3 heteroatoms. The quantitative estimate of drug-likeness (QED) is 0.532. The van der Waals surface area contributed by atoms with E-state index in [0.717, 1.165) is 18.7 Å². The van der Waals surface area contributed by atoms with Crippen molar-refractivity contribution in [2.45, 2.75) is 20.3 Å². The second-order valence-electron chi connectivity index (χ2n) is 1.69. The first-order valence-corrected chi connectivity index (χ1v) is 3.90. The van der Waals surface area contributed by atoms with Gasteiger partial charge in [0.25, 0.3) is 0 Å². The van der Waals surface area contributed by atoms with Crippen molar-refractivity contribution in [2.24, 2.45) is 8.20 Å². The maximum absolute atomic E-state index is 4.18. The zero-order valence-corrected chi connectivity index (χ0v) is 7.92. The topological polar surface area (TPSA) is 24.7 Å². The van der Waals surface area contributed by atoms with Gasteiger partial charge in [-0.15, -0.1) is 0 Å². The van der Waals surface area contributed by atoms with Crippen molar-refractivity contribution < 1.29 is 0 Å². The number of aliphatic imine (C=N–C) groups is 1. The molecule has 0 saturated carbocycles. The molecule has 0 aliphatic carbocycles. The van der Waals surface area contributed by atoms with E-state index in [2.05, 4.69) is 8.20 Å². The van der Waals surface area contributed by atoms with Gasteiger partial charge < -0.3 is 0 Å². The van der Waals surface area contributed by atoms with Crippen molar-refractivity contribution in [1.29, 1.82) is 0 Å². The molecule has 0 heterocycles. The molecule has 0 unspecified atom stereocenters. The van der Waals surface area contributed by atoms with Crippen LogP contribution >= 0.6 is 22.9 Å². The Morgan fingerprint density at radius 2 is 2.33 bits per heavy atom. The molecule has 9 heavy (non-hydrogen) atoms. The molecule has 0 aromatic rings. The number of halogens is 1. The van der Waals surface area contributed by atoms with Gasteiger partial charge in [0.1, 0.15) is 0 Å². The number of nitrogens with zero attached hydrogens (tertiary/aromatic N) is 2. The van der Waals surface area contributed by atoms with E-state index in [1.54, 1.807) is 0 Å². The van der Waals surface area contributed by atoms with Crippen molar-refractivity contribution in [3.05, 3.63) is 0 Å². The van der Waals surface area contributed by atoms with Crippen molar-refractivity contribution in [2.75, 3.05) is 6.54 Å². The van der Waals surface area contributed by atoms with Crippen LogP contribution in [-0.4, -0.2) is 18.5 Å². The molecule has 0 bridgehead atoms. The summed E-state index contributed by atoms with van der Waals surface area (Å²) in [5, 5.41) is 0. The highest BCUT2D eigenvalue weighted by atomic mass is 127. The van der Waals surface area contributed by atoms with E-state index in [1.165, 1.54) is 0 Å². The van der Waals surface area contributed by atoms with Crippen LogP contribution in [0.3, 0.4) is 0 Å². The third-order valence-corrected chi connectivity index (χ3v) is 1.28. The van der Waals surface area contributed by atoms with E-state index in [4.69, 9.17) is 0 Å². The average molecular weight is 238 g/mol. The summed E-state index contributed by atoms with van der Waals surface area (Å²) in [6.07, 6.45) is 2.74. The van der Waals surface area contributed by atoms with Crippen LogP contribution in [-0.2, 0) is 0 Å². The molecule has 2 nitrogen and oxygen atoms in total. The summed E-state index contributed by atoms with van der Waals surface area (Å²) in [4.78, 5) is 4.18. The maximum atomic E-state index is 4.18. The van der Waals surface area contributed by atoms with Crippen LogP contribution in [0.5, 0.6) is 0 Å². The fraction of sp³-hybridized carbons (Fsp3) is 0.667. The van der Waals surface area contributed by atoms with Crippen molar-refractivity contribution in [1.82, 2.24) is 0 Å². The van der Waals surface area contributed by atoms with Gasteiger partial charge in [-0.2, -0.15) is 0 Å². The van der Waals surface area contributed by atoms with Gasteiger partial charge in [0.05, 0.1) is 22.9 Å². The van der Waals surface area contributed by atoms with Crippen LogP contribution in [0, 0.1) is 0 Å². The standard InChI is InChI=1S/C6H11IN2/c1-3-8-6(2)4-5-9-7/h5H,3-4H2,1-2H3/b8-6-,9-5-. The van der Waals surface area contributed by atoms with E-state index in [0.29, 0.717) is 0 Å². The lowest BCUT2D eigenvalue weighted by Gasteiger charge is -1.89. The molecule has 0 amide bonds. The fourth-order valence-electron chi connectivity index (χ4n) is 0.501. The molecule has 0 aliphatic rings. The molecule has 0 fully saturated rings. The number of hydrogen-bond acceptors (Lipinski definition) is 2. The van der Waals surface area contributed by atoms with Crippen LogP contribution in [0.25, 0.3) is 0 Å². The molecule has 0 aromatic carbocycles. The average Bonchev–Trinajstić information content (AvgIpc) is 1.85. The van der Waals surface area contributed by atoms with Crippen LogP contribution in [0.2, 0.25) is 0 Å². The normalized spacial score (nSPS) is 13.0. The van der Waals surface area contributed by atoms with E-state index in [-0.39, 0.29) is 0 Å². The summed E-state index contributed by atoms with van der Waals surface area (Å²) in [6, 6.07) is 0. The Morgan fingerprint density at radius 1 is 1.67 bits per heavy atom. The Balaban J connectivity index is 3.49. The molecule has 52 valence electrons. The van der Waals surface area contributed by atoms with E-state index >= 15 is 0 Å². The summed E-state index contributed by atoms with van der Waals surface area (Å²) in [5.41, 5.74) is 1.15. The molecular weight excluding hydrogens is 227 g/mol. The van der Waals surface area contributed by atoms with E-state index in [9.17, 15) is 0 Å². The summed E-state index contributed by atoms with van der Waals surface area (Å²) >= 11 is 1.96. The smallest absolute Gasteiger partial charge is 0.0827 e. The second kappa shape index (κ2) is 6.19. The highest BCUT2D eigenvalue weighted by molar-refractivity contribution is 14.1. The van der Waals surface area contributed by atoms with Crippen molar-refractivity contribution >= 4 is 34.8 Å². The van der Waals surface area contributed by atoms with Crippen molar-refractivity contribution in [3.63, 3.8) is 0 Å². The summed E-state index contributed by atoms with van der Waals surface area (Å²) in [7, 11) is 0. The summed E-state index contributed by atoms with van der Waals surface area (Å²) in [5.74, 6) is 0. The first-order chi connectivity index (χ1) is 4.31. The van der Waals surface area contributed by atoms with Gasteiger partial charge in [0, 0.05) is 24.9 Å². The second-order valence-corrected chi connectivity index (χ2v) is 2.25. The maximum Gasteiger partial charge on any atom is 0.0827 e. The number of rotatable bonds is 3. The van der Waals surface area contributed by atoms with E-state index in [1.807, 2.05) is 42.9 Å². The van der Waals surface area contributed by atoms with Gasteiger partial charge in [0.15, 0.2) is 0 Å². The predicted octanol–water partition coefficient (Wildman–Crippen LogP) is 2.28. The lowest BCUT2D eigenvalue weighted by molar-refractivity contribution is 1.12. The van der Waals surface area contributed by atoms with Crippen LogP contribution < -0.4 is 0 Å². The monoisotopic (exact) mass is 238 g/mol. The molecule has 0 radical (unpaired) electrons. The molecular formula is C6H11IN2. The van der Waals surface area contributed by atoms with Gasteiger partial charge in [-0.05, 0) is 13.8 Å². The predicted molar refractivity (Wildman–Crippen MR) is 50.8 cm³/mol. The van der Waals surface area contributed by atoms with Gasteiger partial charge in [-0.1, -0.05) is 0 Å². The molecule has 0 spiro atoms. The van der Waals surface area contributed by atoms with Crippen LogP contribution in [0.15, 0.2) is 8.20 Å². The van der Waals surface area contributed by atoms with Gasteiger partial charge >= 0.3 is 0 Å². The Bertz CT molecular complexity index is 118. The lowest BCUT2D eigenvalue weighted by Crippen LogP contribution is -1.91. The summed E-state index contributed by atoms with van der Waals surface area (Å²) in [6.45, 7) is 4.92. The first-order valence-electron chi connectivity index (χ1n) is 2.94. The van der Waals surface area contributed by atoms with Gasteiger partial charge in [-0.25, -0.2) is 3.21 Å². The van der Waals surface area contributed by atoms with Gasteiger partial charge in [-0.3, -0.25) is 4.99 Å². The molecule has 0 rings (SSSR count). The Labute approximate surface area is 70.0 Å². The fourth-order valence-corrected chi connectivity index (χ4v) is 0.698. The lowest BCUT2D eigenvalue weighted by atomic mass is 10.3. The highest BCUT2D eigenvalue weighted by Crippen LogP contribution is 1.86. The number of hydrogen-bond donors (Lipinski definition) is 0. The minimum absolute atomic E-state index is 0.876. The largest absolute Gasteiger partial charge is 0.294 e. The molecule has 0 atom stereocenters. The first kappa shape index (κ1) is 9.07. The molecule has 0 aliphatic heterocycles. The minimum Gasteiger partial charge on any atom is -0.294 e. The Kier molecular flexibility index (Phi) is 6.24. The minimum atomic E-state index is 0.876. The summed E-state index contributed by atoms with van der Waals surface area (Å²) < 4.78 is 3.82. The Hall–Kier alpha value is 0.0700. The Morgan fingerprint density at radius 3 is 2.78 bits per heavy atom. The SMILES string of the molecule is CC/N=C(/C)C/C=N\I. The molecule has 0 aromatic heterocycles. The highest BCUT2D eigenvalue weighted by Gasteiger charge is 1.83. The zero-order valence-electron chi connectivity index (χ0n) is 5.76. The molecule has 0 saturated heterocycles. The van der Waals surface area contributed by atoms with Gasteiger partial charge in [0.2, 0.25) is 0 Å². The zero-order chi connectivity index (χ0) is 7.11. The third kappa shape index (κ3) is 5.95. The van der Waals surface area contributed by atoms with Crippen molar-refractivity contribution in [3.8, 4) is 0 Å². The molecule has 0 N–H and O–H groups in total.